The van der Waals surface area contributed by atoms with Crippen molar-refractivity contribution < 1.29 is 4.39 Å². The molecule has 1 aromatic heterocycles. The number of hydrogen-bond donors (Lipinski definition) is 3. The molecule has 6 heteroatoms. The fourth-order valence-electron chi connectivity index (χ4n) is 2.80. The van der Waals surface area contributed by atoms with Crippen LogP contribution in [0.5, 0.6) is 0 Å². The highest BCUT2D eigenvalue weighted by molar-refractivity contribution is 7.80. The Bertz CT molecular complexity index is 1030. The van der Waals surface area contributed by atoms with Crippen LogP contribution in [-0.2, 0) is 6.42 Å². The van der Waals surface area contributed by atoms with E-state index in [4.69, 9.17) is 12.2 Å². The topological polar surface area (TPSA) is 56.9 Å². The van der Waals surface area contributed by atoms with Crippen LogP contribution in [0, 0.1) is 19.7 Å². The molecule has 0 amide bonds. The first kappa shape index (κ1) is 18.1. The summed E-state index contributed by atoms with van der Waals surface area (Å²) < 4.78 is 13.6. The van der Waals surface area contributed by atoms with Crippen LogP contribution >= 0.6 is 12.2 Å². The standard InChI is InChI=1S/C20H20FN3OS/c1-12-7-8-14-11-15(19(25)24-18(14)13(12)2)9-10-22-20(26)23-17-6-4-3-5-16(17)21/h3-8,11H,9-10H2,1-2H3,(H,24,25)(H2,22,23,26). The quantitative estimate of drug-likeness (QED) is 0.612. The van der Waals surface area contributed by atoms with E-state index in [2.05, 4.69) is 15.6 Å². The van der Waals surface area contributed by atoms with E-state index in [0.717, 1.165) is 22.0 Å². The van der Waals surface area contributed by atoms with Gasteiger partial charge >= 0.3 is 0 Å². The molecule has 0 saturated heterocycles. The third kappa shape index (κ3) is 3.91. The van der Waals surface area contributed by atoms with E-state index in [-0.39, 0.29) is 11.4 Å². The Labute approximate surface area is 156 Å². The number of nitrogens with one attached hydrogen (secondary N) is 3. The molecule has 0 saturated carbocycles. The van der Waals surface area contributed by atoms with Gasteiger partial charge in [-0.1, -0.05) is 24.3 Å². The summed E-state index contributed by atoms with van der Waals surface area (Å²) in [7, 11) is 0. The van der Waals surface area contributed by atoms with Crippen LogP contribution in [-0.4, -0.2) is 16.6 Å². The number of H-pyrrole nitrogens is 1. The zero-order valence-electron chi connectivity index (χ0n) is 14.7. The lowest BCUT2D eigenvalue weighted by atomic mass is 10.0. The van der Waals surface area contributed by atoms with Gasteiger partial charge in [0.25, 0.3) is 5.56 Å². The van der Waals surface area contributed by atoms with Crippen LogP contribution in [0.25, 0.3) is 10.9 Å². The van der Waals surface area contributed by atoms with E-state index in [1.54, 1.807) is 18.2 Å². The molecule has 0 aliphatic heterocycles. The number of thiocarbonyl (C=S) groups is 1. The molecule has 0 bridgehead atoms. The predicted octanol–water partition coefficient (Wildman–Crippen LogP) is 3.81. The molecule has 3 rings (SSSR count). The molecule has 0 spiro atoms. The van der Waals surface area contributed by atoms with Crippen molar-refractivity contribution in [2.45, 2.75) is 20.3 Å². The minimum Gasteiger partial charge on any atom is -0.362 e. The molecule has 0 aliphatic rings. The van der Waals surface area contributed by atoms with Crippen molar-refractivity contribution >= 4 is 33.9 Å². The van der Waals surface area contributed by atoms with Gasteiger partial charge in [0.15, 0.2) is 5.11 Å². The molecule has 3 N–H and O–H groups in total. The van der Waals surface area contributed by atoms with Crippen LogP contribution in [0.2, 0.25) is 0 Å². The molecule has 1 heterocycles. The Kier molecular flexibility index (Phi) is 5.32. The molecular formula is C20H20FN3OS. The number of halogens is 1. The Morgan fingerprint density at radius 3 is 2.73 bits per heavy atom. The van der Waals surface area contributed by atoms with E-state index < -0.39 is 0 Å². The molecule has 4 nitrogen and oxygen atoms in total. The van der Waals surface area contributed by atoms with E-state index in [0.29, 0.717) is 29.3 Å². The summed E-state index contributed by atoms with van der Waals surface area (Å²) in [5, 5.41) is 7.14. The molecular weight excluding hydrogens is 349 g/mol. The lowest BCUT2D eigenvalue weighted by Crippen LogP contribution is -2.31. The second-order valence-corrected chi connectivity index (χ2v) is 6.61. The highest BCUT2D eigenvalue weighted by Crippen LogP contribution is 2.19. The molecule has 26 heavy (non-hydrogen) atoms. The molecule has 3 aromatic rings. The number of aromatic nitrogens is 1. The average molecular weight is 369 g/mol. The Morgan fingerprint density at radius 2 is 1.96 bits per heavy atom. The number of aromatic amines is 1. The molecule has 0 radical (unpaired) electrons. The van der Waals surface area contributed by atoms with Gasteiger partial charge in [-0.3, -0.25) is 4.79 Å². The van der Waals surface area contributed by atoms with E-state index in [1.165, 1.54) is 6.07 Å². The molecule has 0 fully saturated rings. The summed E-state index contributed by atoms with van der Waals surface area (Å²) in [4.78, 5) is 15.3. The van der Waals surface area contributed by atoms with Crippen molar-refractivity contribution in [1.29, 1.82) is 0 Å². The molecule has 134 valence electrons. The van der Waals surface area contributed by atoms with Crippen molar-refractivity contribution in [2.24, 2.45) is 0 Å². The van der Waals surface area contributed by atoms with Crippen molar-refractivity contribution in [3.8, 4) is 0 Å². The molecule has 0 aliphatic carbocycles. The highest BCUT2D eigenvalue weighted by atomic mass is 32.1. The van der Waals surface area contributed by atoms with Crippen molar-refractivity contribution in [2.75, 3.05) is 11.9 Å². The third-order valence-corrected chi connectivity index (χ3v) is 4.68. The zero-order valence-corrected chi connectivity index (χ0v) is 15.5. The van der Waals surface area contributed by atoms with Crippen molar-refractivity contribution in [1.82, 2.24) is 10.3 Å². The summed E-state index contributed by atoms with van der Waals surface area (Å²) >= 11 is 5.18. The highest BCUT2D eigenvalue weighted by Gasteiger charge is 2.07. The van der Waals surface area contributed by atoms with Crippen molar-refractivity contribution in [3.05, 3.63) is 75.3 Å². The van der Waals surface area contributed by atoms with Crippen LogP contribution in [0.3, 0.4) is 0 Å². The Morgan fingerprint density at radius 1 is 1.19 bits per heavy atom. The smallest absolute Gasteiger partial charge is 0.251 e. The fourth-order valence-corrected chi connectivity index (χ4v) is 3.01. The number of hydrogen-bond acceptors (Lipinski definition) is 2. The first-order chi connectivity index (χ1) is 12.5. The average Bonchev–Trinajstić information content (AvgIpc) is 2.61. The SMILES string of the molecule is Cc1ccc2cc(CCNC(=S)Nc3ccccc3F)c(=O)[nH]c2c1C. The van der Waals surface area contributed by atoms with Gasteiger partial charge in [-0.25, -0.2) is 4.39 Å². The van der Waals surface area contributed by atoms with E-state index in [9.17, 15) is 9.18 Å². The summed E-state index contributed by atoms with van der Waals surface area (Å²) in [5.74, 6) is -0.367. The number of rotatable bonds is 4. The second-order valence-electron chi connectivity index (χ2n) is 6.21. The number of anilines is 1. The third-order valence-electron chi connectivity index (χ3n) is 4.43. The van der Waals surface area contributed by atoms with Crippen LogP contribution in [0.15, 0.2) is 47.3 Å². The van der Waals surface area contributed by atoms with Gasteiger partial charge in [-0.2, -0.15) is 0 Å². The zero-order chi connectivity index (χ0) is 18.7. The largest absolute Gasteiger partial charge is 0.362 e. The van der Waals surface area contributed by atoms with E-state index >= 15 is 0 Å². The van der Waals surface area contributed by atoms with Gasteiger partial charge in [-0.15, -0.1) is 0 Å². The molecule has 0 atom stereocenters. The maximum absolute atomic E-state index is 13.6. The molecule has 2 aromatic carbocycles. The normalized spacial score (nSPS) is 10.7. The first-order valence-corrected chi connectivity index (χ1v) is 8.78. The van der Waals surface area contributed by atoms with Gasteiger partial charge in [0.05, 0.1) is 11.2 Å². The van der Waals surface area contributed by atoms with Gasteiger partial charge in [-0.05, 0) is 67.2 Å². The summed E-state index contributed by atoms with van der Waals surface area (Å²) in [5.41, 5.74) is 4.01. The minimum absolute atomic E-state index is 0.0963. The second kappa shape index (κ2) is 7.66. The number of pyridine rings is 1. The summed E-state index contributed by atoms with van der Waals surface area (Å²) in [6.45, 7) is 4.50. The number of para-hydroxylation sites is 1. The Hall–Kier alpha value is -2.73. The fraction of sp³-hybridized carbons (Fsp3) is 0.200. The lowest BCUT2D eigenvalue weighted by molar-refractivity contribution is 0.632. The lowest BCUT2D eigenvalue weighted by Gasteiger charge is -2.11. The van der Waals surface area contributed by atoms with Gasteiger partial charge < -0.3 is 15.6 Å². The minimum atomic E-state index is -0.367. The van der Waals surface area contributed by atoms with Gasteiger partial charge in [0, 0.05) is 12.1 Å². The van der Waals surface area contributed by atoms with Crippen molar-refractivity contribution in [3.63, 3.8) is 0 Å². The van der Waals surface area contributed by atoms with Gasteiger partial charge in [0.1, 0.15) is 5.82 Å². The van der Waals surface area contributed by atoms with Crippen LogP contribution in [0.1, 0.15) is 16.7 Å². The Balaban J connectivity index is 1.65. The predicted molar refractivity (Wildman–Crippen MR) is 108 cm³/mol. The maximum Gasteiger partial charge on any atom is 0.251 e. The van der Waals surface area contributed by atoms with Gasteiger partial charge in [0.2, 0.25) is 0 Å². The first-order valence-electron chi connectivity index (χ1n) is 8.37. The summed E-state index contributed by atoms with van der Waals surface area (Å²) in [6.07, 6.45) is 0.511. The molecule has 0 unspecified atom stereocenters. The van der Waals surface area contributed by atoms with Crippen LogP contribution in [0.4, 0.5) is 10.1 Å². The number of benzene rings is 2. The van der Waals surface area contributed by atoms with Crippen LogP contribution < -0.4 is 16.2 Å². The number of fused-ring (bicyclic) bond motifs is 1. The maximum atomic E-state index is 13.6. The summed E-state index contributed by atoms with van der Waals surface area (Å²) in [6, 6.07) is 12.3. The number of aryl methyl sites for hydroxylation is 2. The van der Waals surface area contributed by atoms with E-state index in [1.807, 2.05) is 32.0 Å². The monoisotopic (exact) mass is 369 g/mol.